The molecule has 1 fully saturated rings. The monoisotopic (exact) mass is 428 g/mol. The summed E-state index contributed by atoms with van der Waals surface area (Å²) in [7, 11) is 0. The Labute approximate surface area is 190 Å². The van der Waals surface area contributed by atoms with Crippen LogP contribution < -0.4 is 10.1 Å². The van der Waals surface area contributed by atoms with Crippen LogP contribution in [0.1, 0.15) is 95.8 Å². The number of carbonyl (C=O) groups is 1. The second-order valence-electron chi connectivity index (χ2n) is 11.1. The molecule has 3 rings (SSSR count). The van der Waals surface area contributed by atoms with E-state index in [1.165, 1.54) is 69.3 Å². The molecule has 0 aliphatic carbocycles. The van der Waals surface area contributed by atoms with Crippen LogP contribution >= 0.6 is 0 Å². The Morgan fingerprint density at radius 3 is 2.45 bits per heavy atom. The number of likely N-dealkylation sites (tertiary alicyclic amines) is 1. The van der Waals surface area contributed by atoms with Gasteiger partial charge in [0.05, 0.1) is 5.69 Å². The van der Waals surface area contributed by atoms with E-state index in [1.807, 2.05) is 0 Å². The van der Waals surface area contributed by atoms with Crippen LogP contribution in [0, 0.1) is 19.3 Å². The number of carbonyl (C=O) groups excluding carboxylic acids is 1. The number of anilines is 1. The summed E-state index contributed by atoms with van der Waals surface area (Å²) in [4.78, 5) is 15.8. The van der Waals surface area contributed by atoms with Crippen molar-refractivity contribution in [1.82, 2.24) is 4.90 Å². The van der Waals surface area contributed by atoms with Gasteiger partial charge in [-0.3, -0.25) is 4.79 Å². The Morgan fingerprint density at radius 2 is 1.74 bits per heavy atom. The van der Waals surface area contributed by atoms with Crippen LogP contribution in [0.5, 0.6) is 5.75 Å². The van der Waals surface area contributed by atoms with Gasteiger partial charge in [-0.1, -0.05) is 45.6 Å². The molecule has 0 bridgehead atoms. The van der Waals surface area contributed by atoms with Crippen LogP contribution in [0.2, 0.25) is 0 Å². The minimum absolute atomic E-state index is 0.100. The first-order valence-corrected chi connectivity index (χ1v) is 12.4. The fraction of sp³-hybridized carbons (Fsp3) is 0.741. The third kappa shape index (κ3) is 6.25. The first-order chi connectivity index (χ1) is 14.6. The number of unbranched alkanes of at least 4 members (excludes halogenated alkanes) is 3. The zero-order valence-corrected chi connectivity index (χ0v) is 20.8. The fourth-order valence-electron chi connectivity index (χ4n) is 5.05. The van der Waals surface area contributed by atoms with Gasteiger partial charge in [0.25, 0.3) is 0 Å². The SMILES string of the molecule is Cc1cc(C)c(NC(=O)C(C)(C)CCCCCCN2CCCCC2)c2c1CC(C)(C)O2. The van der Waals surface area contributed by atoms with Crippen LogP contribution in [0.15, 0.2) is 6.07 Å². The molecule has 1 aromatic carbocycles. The van der Waals surface area contributed by atoms with E-state index in [9.17, 15) is 4.79 Å². The number of hydrogen-bond donors (Lipinski definition) is 1. The van der Waals surface area contributed by atoms with Gasteiger partial charge in [0, 0.05) is 17.4 Å². The van der Waals surface area contributed by atoms with Gasteiger partial charge < -0.3 is 15.0 Å². The van der Waals surface area contributed by atoms with Gasteiger partial charge in [-0.2, -0.15) is 0 Å². The minimum atomic E-state index is -0.384. The van der Waals surface area contributed by atoms with E-state index in [0.717, 1.165) is 36.3 Å². The maximum Gasteiger partial charge on any atom is 0.230 e. The molecule has 0 radical (unpaired) electrons. The third-order valence-corrected chi connectivity index (χ3v) is 7.11. The van der Waals surface area contributed by atoms with E-state index in [0.29, 0.717) is 0 Å². The van der Waals surface area contributed by atoms with Crippen molar-refractivity contribution < 1.29 is 9.53 Å². The fourth-order valence-corrected chi connectivity index (χ4v) is 5.05. The van der Waals surface area contributed by atoms with Gasteiger partial charge >= 0.3 is 0 Å². The van der Waals surface area contributed by atoms with Crippen molar-refractivity contribution in [2.75, 3.05) is 25.0 Å². The Hall–Kier alpha value is -1.55. The first-order valence-electron chi connectivity index (χ1n) is 12.4. The molecule has 0 atom stereocenters. The number of ether oxygens (including phenoxy) is 1. The van der Waals surface area contributed by atoms with Crippen LogP contribution in [0.4, 0.5) is 5.69 Å². The summed E-state index contributed by atoms with van der Waals surface area (Å²) in [5, 5.41) is 3.24. The van der Waals surface area contributed by atoms with Gasteiger partial charge in [-0.25, -0.2) is 0 Å². The van der Waals surface area contributed by atoms with Crippen LogP contribution in [-0.4, -0.2) is 36.0 Å². The van der Waals surface area contributed by atoms with E-state index in [4.69, 9.17) is 4.74 Å². The molecule has 1 aromatic rings. The highest BCUT2D eigenvalue weighted by atomic mass is 16.5. The smallest absolute Gasteiger partial charge is 0.230 e. The number of hydrogen-bond acceptors (Lipinski definition) is 3. The summed E-state index contributed by atoms with van der Waals surface area (Å²) in [5.41, 5.74) is 3.83. The number of nitrogens with one attached hydrogen (secondary N) is 1. The molecule has 1 amide bonds. The van der Waals surface area contributed by atoms with Crippen molar-refractivity contribution in [3.8, 4) is 5.75 Å². The van der Waals surface area contributed by atoms with Crippen LogP contribution in [-0.2, 0) is 11.2 Å². The Morgan fingerprint density at radius 1 is 1.06 bits per heavy atom. The maximum atomic E-state index is 13.2. The predicted octanol–water partition coefficient (Wildman–Crippen LogP) is 6.42. The average molecular weight is 429 g/mol. The number of nitrogens with zero attached hydrogens (tertiary/aromatic N) is 1. The molecule has 174 valence electrons. The van der Waals surface area contributed by atoms with Gasteiger partial charge in [0.15, 0.2) is 0 Å². The molecule has 0 spiro atoms. The summed E-state index contributed by atoms with van der Waals surface area (Å²) in [5.74, 6) is 0.979. The molecule has 4 nitrogen and oxygen atoms in total. The van der Waals surface area contributed by atoms with Crippen molar-refractivity contribution in [2.45, 2.75) is 105 Å². The third-order valence-electron chi connectivity index (χ3n) is 7.11. The van der Waals surface area contributed by atoms with Gasteiger partial charge in [-0.05, 0) is 84.1 Å². The highest BCUT2D eigenvalue weighted by Crippen LogP contribution is 2.44. The average Bonchev–Trinajstić information content (AvgIpc) is 3.04. The number of aryl methyl sites for hydroxylation is 2. The molecule has 0 saturated carbocycles. The first kappa shape index (κ1) is 24.1. The van der Waals surface area contributed by atoms with Gasteiger partial charge in [0.1, 0.15) is 11.4 Å². The molecule has 2 heterocycles. The number of piperidine rings is 1. The Bertz CT molecular complexity index is 776. The molecule has 0 unspecified atom stereocenters. The summed E-state index contributed by atoms with van der Waals surface area (Å²) < 4.78 is 6.26. The van der Waals surface area contributed by atoms with Gasteiger partial charge in [0.2, 0.25) is 5.91 Å². The molecule has 0 aromatic heterocycles. The summed E-state index contributed by atoms with van der Waals surface area (Å²) in [6.45, 7) is 16.4. The van der Waals surface area contributed by atoms with Crippen molar-refractivity contribution in [3.63, 3.8) is 0 Å². The van der Waals surface area contributed by atoms with Crippen molar-refractivity contribution in [3.05, 3.63) is 22.8 Å². The highest BCUT2D eigenvalue weighted by molar-refractivity contribution is 5.97. The van der Waals surface area contributed by atoms with E-state index >= 15 is 0 Å². The lowest BCUT2D eigenvalue weighted by molar-refractivity contribution is -0.124. The second-order valence-corrected chi connectivity index (χ2v) is 11.1. The van der Waals surface area contributed by atoms with E-state index in [-0.39, 0.29) is 16.9 Å². The van der Waals surface area contributed by atoms with Crippen LogP contribution in [0.25, 0.3) is 0 Å². The topological polar surface area (TPSA) is 41.6 Å². The molecular weight excluding hydrogens is 384 g/mol. The zero-order valence-electron chi connectivity index (χ0n) is 20.8. The van der Waals surface area contributed by atoms with Crippen LogP contribution in [0.3, 0.4) is 0 Å². The molecule has 2 aliphatic heterocycles. The number of amides is 1. The van der Waals surface area contributed by atoms with Crippen molar-refractivity contribution >= 4 is 11.6 Å². The molecule has 4 heteroatoms. The number of benzene rings is 1. The van der Waals surface area contributed by atoms with Crippen molar-refractivity contribution in [1.29, 1.82) is 0 Å². The lowest BCUT2D eigenvalue weighted by Crippen LogP contribution is -2.31. The van der Waals surface area contributed by atoms with Gasteiger partial charge in [-0.15, -0.1) is 0 Å². The Balaban J connectivity index is 1.49. The number of rotatable bonds is 9. The van der Waals surface area contributed by atoms with E-state index in [1.54, 1.807) is 0 Å². The molecular formula is C27H44N2O2. The Kier molecular flexibility index (Phi) is 7.72. The van der Waals surface area contributed by atoms with E-state index < -0.39 is 0 Å². The second kappa shape index (κ2) is 9.94. The molecule has 1 saturated heterocycles. The lowest BCUT2D eigenvalue weighted by Gasteiger charge is -2.27. The highest BCUT2D eigenvalue weighted by Gasteiger charge is 2.35. The zero-order chi connectivity index (χ0) is 22.6. The van der Waals surface area contributed by atoms with Crippen molar-refractivity contribution in [2.24, 2.45) is 5.41 Å². The summed E-state index contributed by atoms with van der Waals surface area (Å²) >= 11 is 0. The largest absolute Gasteiger partial charge is 0.485 e. The molecule has 2 aliphatic rings. The predicted molar refractivity (Wildman–Crippen MR) is 130 cm³/mol. The quantitative estimate of drug-likeness (QED) is 0.462. The summed E-state index contributed by atoms with van der Waals surface area (Å²) in [6, 6.07) is 2.18. The van der Waals surface area contributed by atoms with E-state index in [2.05, 4.69) is 57.8 Å². The standard InChI is InChI=1S/C27H44N2O2/c1-20-18-21(2)23(24-22(20)19-27(5,6)31-24)28-25(30)26(3,4)14-10-7-8-11-15-29-16-12-9-13-17-29/h18H,7-17,19H2,1-6H3,(H,28,30). The lowest BCUT2D eigenvalue weighted by atomic mass is 9.85. The summed E-state index contributed by atoms with van der Waals surface area (Å²) in [6.07, 6.45) is 10.8. The molecule has 1 N–H and O–H groups in total. The minimum Gasteiger partial charge on any atom is -0.485 e. The maximum absolute atomic E-state index is 13.2. The normalized spacial score (nSPS) is 18.5. The number of fused-ring (bicyclic) bond motifs is 1. The molecule has 31 heavy (non-hydrogen) atoms.